The van der Waals surface area contributed by atoms with Gasteiger partial charge >= 0.3 is 6.18 Å². The first-order valence-electron chi connectivity index (χ1n) is 12.1. The summed E-state index contributed by atoms with van der Waals surface area (Å²) in [7, 11) is 0. The number of rotatable bonds is 4. The van der Waals surface area contributed by atoms with Crippen molar-refractivity contribution in [3.8, 4) is 0 Å². The van der Waals surface area contributed by atoms with Crippen LogP contribution in [-0.2, 0) is 12.7 Å². The fourth-order valence-corrected chi connectivity index (χ4v) is 5.46. The van der Waals surface area contributed by atoms with Gasteiger partial charge in [0.15, 0.2) is 5.65 Å². The molecule has 0 amide bonds. The molecule has 0 radical (unpaired) electrons. The molecule has 12 heteroatoms. The van der Waals surface area contributed by atoms with Gasteiger partial charge in [-0.05, 0) is 50.4 Å². The molecule has 9 nitrogen and oxygen atoms in total. The molecule has 3 fully saturated rings. The fourth-order valence-electron chi connectivity index (χ4n) is 5.46. The van der Waals surface area contributed by atoms with Crippen molar-refractivity contribution >= 4 is 22.8 Å². The van der Waals surface area contributed by atoms with Gasteiger partial charge < -0.3 is 9.80 Å². The Morgan fingerprint density at radius 3 is 2.49 bits per heavy atom. The Labute approximate surface area is 199 Å². The monoisotopic (exact) mass is 488 g/mol. The van der Waals surface area contributed by atoms with Crippen molar-refractivity contribution in [2.75, 3.05) is 36.0 Å². The minimum absolute atomic E-state index is 0.00740. The van der Waals surface area contributed by atoms with E-state index in [4.69, 9.17) is 4.98 Å². The number of aromatic nitrogens is 6. The molecule has 35 heavy (non-hydrogen) atoms. The van der Waals surface area contributed by atoms with Crippen molar-refractivity contribution in [3.63, 3.8) is 0 Å². The molecule has 0 atom stereocenters. The zero-order chi connectivity index (χ0) is 24.4. The van der Waals surface area contributed by atoms with Crippen LogP contribution in [0.3, 0.4) is 0 Å². The van der Waals surface area contributed by atoms with Crippen LogP contribution in [0.25, 0.3) is 11.0 Å². The summed E-state index contributed by atoms with van der Waals surface area (Å²) in [6.07, 6.45) is 1.95. The van der Waals surface area contributed by atoms with Crippen LogP contribution < -0.4 is 15.4 Å². The van der Waals surface area contributed by atoms with E-state index in [-0.39, 0.29) is 16.8 Å². The molecule has 0 bridgehead atoms. The van der Waals surface area contributed by atoms with Gasteiger partial charge in [-0.1, -0.05) is 0 Å². The van der Waals surface area contributed by atoms with Crippen LogP contribution in [0.5, 0.6) is 0 Å². The first kappa shape index (κ1) is 22.3. The molecule has 1 spiro atoms. The zero-order valence-corrected chi connectivity index (χ0v) is 19.5. The average molecular weight is 489 g/mol. The number of alkyl halides is 3. The number of nitrogens with one attached hydrogen (secondary N) is 1. The number of hydrogen-bond acceptors (Lipinski definition) is 7. The standard InChI is InChI=1S/C23H27F3N8O/c1-14-28-17(23(24,25)26)10-18(29-14)33-9-6-22(13-33)4-7-32(8-5-22)21-30-19-16(11-27-31-19)20(35)34(21)12-15-2-3-15/h10-11,15H,2-9,12-13H2,1H3,(H,27,31). The van der Waals surface area contributed by atoms with E-state index in [9.17, 15) is 18.0 Å². The van der Waals surface area contributed by atoms with Crippen LogP contribution in [0.1, 0.15) is 43.6 Å². The molecule has 2 saturated heterocycles. The van der Waals surface area contributed by atoms with Crippen molar-refractivity contribution in [2.45, 2.75) is 51.7 Å². The van der Waals surface area contributed by atoms with Crippen LogP contribution in [0, 0.1) is 18.3 Å². The maximum atomic E-state index is 13.3. The lowest BCUT2D eigenvalue weighted by atomic mass is 9.78. The first-order chi connectivity index (χ1) is 16.7. The van der Waals surface area contributed by atoms with E-state index < -0.39 is 11.9 Å². The van der Waals surface area contributed by atoms with E-state index >= 15 is 0 Å². The van der Waals surface area contributed by atoms with Gasteiger partial charge in [0, 0.05) is 38.8 Å². The molecule has 0 unspecified atom stereocenters. The highest BCUT2D eigenvalue weighted by Crippen LogP contribution is 2.43. The second-order valence-corrected chi connectivity index (χ2v) is 10.2. The third kappa shape index (κ3) is 4.12. The van der Waals surface area contributed by atoms with Gasteiger partial charge in [0.2, 0.25) is 5.95 Å². The Balaban J connectivity index is 1.21. The summed E-state index contributed by atoms with van der Waals surface area (Å²) in [6, 6.07) is 1.06. The number of anilines is 2. The quantitative estimate of drug-likeness (QED) is 0.603. The van der Waals surface area contributed by atoms with E-state index in [0.29, 0.717) is 48.4 Å². The van der Waals surface area contributed by atoms with E-state index in [1.165, 1.54) is 13.1 Å². The number of aromatic amines is 1. The number of fused-ring (bicyclic) bond motifs is 1. The van der Waals surface area contributed by atoms with Crippen molar-refractivity contribution in [2.24, 2.45) is 11.3 Å². The third-order valence-corrected chi connectivity index (χ3v) is 7.67. The molecule has 6 rings (SSSR count). The van der Waals surface area contributed by atoms with Gasteiger partial charge in [-0.3, -0.25) is 14.5 Å². The molecule has 3 aromatic heterocycles. The van der Waals surface area contributed by atoms with Crippen LogP contribution >= 0.6 is 0 Å². The Morgan fingerprint density at radius 2 is 1.80 bits per heavy atom. The van der Waals surface area contributed by atoms with Gasteiger partial charge in [-0.25, -0.2) is 9.97 Å². The smallest absolute Gasteiger partial charge is 0.356 e. The molecule has 1 N–H and O–H groups in total. The Morgan fingerprint density at radius 1 is 1.09 bits per heavy atom. The lowest BCUT2D eigenvalue weighted by Crippen LogP contribution is -2.44. The van der Waals surface area contributed by atoms with Gasteiger partial charge in [-0.2, -0.15) is 23.3 Å². The molecule has 3 aromatic rings. The normalized spacial score (nSPS) is 20.3. The number of nitrogens with zero attached hydrogens (tertiary/aromatic N) is 7. The lowest BCUT2D eigenvalue weighted by molar-refractivity contribution is -0.141. The van der Waals surface area contributed by atoms with Gasteiger partial charge in [0.05, 0.1) is 6.20 Å². The second kappa shape index (κ2) is 7.92. The summed E-state index contributed by atoms with van der Waals surface area (Å²) >= 11 is 0. The summed E-state index contributed by atoms with van der Waals surface area (Å²) in [6.45, 7) is 4.97. The topological polar surface area (TPSA) is 95.8 Å². The molecule has 1 saturated carbocycles. The van der Waals surface area contributed by atoms with Crippen molar-refractivity contribution < 1.29 is 13.2 Å². The summed E-state index contributed by atoms with van der Waals surface area (Å²) in [4.78, 5) is 29.9. The summed E-state index contributed by atoms with van der Waals surface area (Å²) < 4.78 is 41.6. The molecule has 2 aliphatic heterocycles. The lowest BCUT2D eigenvalue weighted by Gasteiger charge is -2.40. The van der Waals surface area contributed by atoms with E-state index in [2.05, 4.69) is 25.1 Å². The number of H-pyrrole nitrogens is 1. The molecule has 1 aliphatic carbocycles. The summed E-state index contributed by atoms with van der Waals surface area (Å²) in [5.41, 5.74) is -0.445. The largest absolute Gasteiger partial charge is 0.433 e. The minimum atomic E-state index is -4.50. The highest BCUT2D eigenvalue weighted by atomic mass is 19.4. The maximum Gasteiger partial charge on any atom is 0.433 e. The molecule has 5 heterocycles. The molecular formula is C23H27F3N8O. The fraction of sp³-hybridized carbons (Fsp3) is 0.609. The SMILES string of the molecule is Cc1nc(N2CCC3(CCN(c4nc5[nH]ncc5c(=O)n4CC4CC4)CC3)C2)cc(C(F)(F)F)n1. The predicted molar refractivity (Wildman–Crippen MR) is 123 cm³/mol. The van der Waals surface area contributed by atoms with Crippen LogP contribution in [-0.4, -0.2) is 55.9 Å². The third-order valence-electron chi connectivity index (χ3n) is 7.67. The van der Waals surface area contributed by atoms with Gasteiger partial charge in [0.25, 0.3) is 5.56 Å². The highest BCUT2D eigenvalue weighted by molar-refractivity contribution is 5.74. The maximum absolute atomic E-state index is 13.3. The number of hydrogen-bond donors (Lipinski definition) is 1. The molecule has 186 valence electrons. The summed E-state index contributed by atoms with van der Waals surface area (Å²) in [5.74, 6) is 1.67. The minimum Gasteiger partial charge on any atom is -0.356 e. The van der Waals surface area contributed by atoms with Crippen molar-refractivity contribution in [1.29, 1.82) is 0 Å². The zero-order valence-electron chi connectivity index (χ0n) is 19.5. The predicted octanol–water partition coefficient (Wildman–Crippen LogP) is 3.14. The highest BCUT2D eigenvalue weighted by Gasteiger charge is 2.43. The molecule has 3 aliphatic rings. The van der Waals surface area contributed by atoms with Crippen LogP contribution in [0.2, 0.25) is 0 Å². The molecular weight excluding hydrogens is 461 g/mol. The van der Waals surface area contributed by atoms with Crippen molar-refractivity contribution in [1.82, 2.24) is 29.7 Å². The van der Waals surface area contributed by atoms with Gasteiger partial charge in [0.1, 0.15) is 22.7 Å². The molecule has 0 aromatic carbocycles. The number of aryl methyl sites for hydroxylation is 1. The van der Waals surface area contributed by atoms with Gasteiger partial charge in [-0.15, -0.1) is 0 Å². The van der Waals surface area contributed by atoms with Crippen LogP contribution in [0.15, 0.2) is 17.1 Å². The Bertz CT molecular complexity index is 1320. The van der Waals surface area contributed by atoms with E-state index in [1.807, 2.05) is 4.90 Å². The van der Waals surface area contributed by atoms with Crippen LogP contribution in [0.4, 0.5) is 24.9 Å². The summed E-state index contributed by atoms with van der Waals surface area (Å²) in [5, 5.41) is 7.34. The van der Waals surface area contributed by atoms with Crippen molar-refractivity contribution in [3.05, 3.63) is 34.1 Å². The van der Waals surface area contributed by atoms with E-state index in [0.717, 1.165) is 51.3 Å². The first-order valence-corrected chi connectivity index (χ1v) is 12.1. The number of piperidine rings is 1. The Hall–Kier alpha value is -3.18. The Kier molecular flexibility index (Phi) is 5.05. The number of halogens is 3. The second-order valence-electron chi connectivity index (χ2n) is 10.2. The average Bonchev–Trinajstić information content (AvgIpc) is 3.34. The van der Waals surface area contributed by atoms with E-state index in [1.54, 1.807) is 4.57 Å².